The first kappa shape index (κ1) is 13.1. The van der Waals surface area contributed by atoms with E-state index in [1.165, 1.54) is 0 Å². The summed E-state index contributed by atoms with van der Waals surface area (Å²) in [7, 11) is 0. The topological polar surface area (TPSA) is 42.2 Å². The summed E-state index contributed by atoms with van der Waals surface area (Å²) in [6, 6.07) is 19.3. The van der Waals surface area contributed by atoms with Crippen LogP contribution >= 0.6 is 0 Å². The van der Waals surface area contributed by atoms with Crippen LogP contribution in [0.4, 0.5) is 0 Å². The minimum Gasteiger partial charge on any atom is -0.457 e. The molecule has 0 spiro atoms. The highest BCUT2D eigenvalue weighted by atomic mass is 16.5. The summed E-state index contributed by atoms with van der Waals surface area (Å²) in [5, 5.41) is 8.66. The fourth-order valence-corrected chi connectivity index (χ4v) is 1.58. The standard InChI is InChI=1S/C16H15NO2/c1-13(11-17)18-12-14-6-5-9-16(10-14)19-15-7-3-2-4-8-15/h2-10,13H,12H2,1H3. The van der Waals surface area contributed by atoms with Gasteiger partial charge >= 0.3 is 0 Å². The molecular formula is C16H15NO2. The molecule has 0 saturated carbocycles. The number of ether oxygens (including phenoxy) is 2. The lowest BCUT2D eigenvalue weighted by Gasteiger charge is -2.09. The summed E-state index contributed by atoms with van der Waals surface area (Å²) in [5.74, 6) is 1.56. The van der Waals surface area contributed by atoms with Crippen molar-refractivity contribution in [2.45, 2.75) is 19.6 Å². The lowest BCUT2D eigenvalue weighted by molar-refractivity contribution is 0.0886. The zero-order chi connectivity index (χ0) is 13.5. The van der Waals surface area contributed by atoms with E-state index in [1.807, 2.05) is 60.7 Å². The predicted molar refractivity (Wildman–Crippen MR) is 72.8 cm³/mol. The van der Waals surface area contributed by atoms with Crippen molar-refractivity contribution in [3.63, 3.8) is 0 Å². The van der Waals surface area contributed by atoms with Gasteiger partial charge in [0.05, 0.1) is 12.7 Å². The molecular weight excluding hydrogens is 238 g/mol. The van der Waals surface area contributed by atoms with E-state index in [1.54, 1.807) is 6.92 Å². The maximum absolute atomic E-state index is 8.66. The fourth-order valence-electron chi connectivity index (χ4n) is 1.58. The predicted octanol–water partition coefficient (Wildman–Crippen LogP) is 3.91. The maximum Gasteiger partial charge on any atom is 0.141 e. The Hall–Kier alpha value is -2.31. The van der Waals surface area contributed by atoms with E-state index in [2.05, 4.69) is 0 Å². The van der Waals surface area contributed by atoms with Crippen molar-refractivity contribution < 1.29 is 9.47 Å². The SMILES string of the molecule is CC(C#N)OCc1cccc(Oc2ccccc2)c1. The van der Waals surface area contributed by atoms with Gasteiger partial charge in [0.1, 0.15) is 17.6 Å². The van der Waals surface area contributed by atoms with Gasteiger partial charge in [0.25, 0.3) is 0 Å². The summed E-state index contributed by atoms with van der Waals surface area (Å²) < 4.78 is 11.1. The molecule has 0 aromatic heterocycles. The van der Waals surface area contributed by atoms with E-state index in [9.17, 15) is 0 Å². The first-order valence-corrected chi connectivity index (χ1v) is 6.11. The van der Waals surface area contributed by atoms with Crippen LogP contribution in [0.5, 0.6) is 11.5 Å². The summed E-state index contributed by atoms with van der Waals surface area (Å²) in [4.78, 5) is 0. The van der Waals surface area contributed by atoms with Crippen molar-refractivity contribution in [1.29, 1.82) is 5.26 Å². The maximum atomic E-state index is 8.66. The van der Waals surface area contributed by atoms with Crippen LogP contribution in [0.15, 0.2) is 54.6 Å². The molecule has 0 aliphatic carbocycles. The zero-order valence-corrected chi connectivity index (χ0v) is 10.7. The van der Waals surface area contributed by atoms with E-state index in [0.29, 0.717) is 6.61 Å². The van der Waals surface area contributed by atoms with Crippen molar-refractivity contribution in [3.8, 4) is 17.6 Å². The van der Waals surface area contributed by atoms with Gasteiger partial charge in [-0.2, -0.15) is 5.26 Å². The van der Waals surface area contributed by atoms with Gasteiger partial charge in [0, 0.05) is 0 Å². The highest BCUT2D eigenvalue weighted by Gasteiger charge is 2.02. The van der Waals surface area contributed by atoms with Crippen molar-refractivity contribution in [2.75, 3.05) is 0 Å². The molecule has 0 radical (unpaired) electrons. The van der Waals surface area contributed by atoms with Crippen LogP contribution in [0.1, 0.15) is 12.5 Å². The minimum atomic E-state index is -0.404. The Kier molecular flexibility index (Phi) is 4.54. The molecule has 0 heterocycles. The highest BCUT2D eigenvalue weighted by Crippen LogP contribution is 2.22. The molecule has 0 N–H and O–H groups in total. The molecule has 2 rings (SSSR count). The number of nitriles is 1. The first-order chi connectivity index (χ1) is 9.28. The van der Waals surface area contributed by atoms with E-state index in [0.717, 1.165) is 17.1 Å². The molecule has 0 fully saturated rings. The van der Waals surface area contributed by atoms with Crippen LogP contribution in [-0.4, -0.2) is 6.10 Å². The number of hydrogen-bond donors (Lipinski definition) is 0. The van der Waals surface area contributed by atoms with Crippen LogP contribution in [-0.2, 0) is 11.3 Å². The Labute approximate surface area is 113 Å². The van der Waals surface area contributed by atoms with Gasteiger partial charge in [-0.3, -0.25) is 0 Å². The minimum absolute atomic E-state index is 0.403. The highest BCUT2D eigenvalue weighted by molar-refractivity contribution is 5.33. The molecule has 3 nitrogen and oxygen atoms in total. The average Bonchev–Trinajstić information content (AvgIpc) is 2.46. The largest absolute Gasteiger partial charge is 0.457 e. The van der Waals surface area contributed by atoms with Crippen molar-refractivity contribution in [2.24, 2.45) is 0 Å². The Morgan fingerprint density at radius 3 is 2.53 bits per heavy atom. The second-order valence-corrected chi connectivity index (χ2v) is 4.14. The van der Waals surface area contributed by atoms with E-state index in [-0.39, 0.29) is 0 Å². The lowest BCUT2D eigenvalue weighted by Crippen LogP contribution is -2.04. The van der Waals surface area contributed by atoms with E-state index < -0.39 is 6.10 Å². The molecule has 1 atom stereocenters. The molecule has 0 amide bonds. The Bertz CT molecular complexity index is 560. The summed E-state index contributed by atoms with van der Waals surface area (Å²) >= 11 is 0. The van der Waals surface area contributed by atoms with Crippen molar-refractivity contribution in [3.05, 3.63) is 60.2 Å². The van der Waals surface area contributed by atoms with Crippen LogP contribution in [0.3, 0.4) is 0 Å². The number of benzene rings is 2. The zero-order valence-electron chi connectivity index (χ0n) is 10.7. The molecule has 19 heavy (non-hydrogen) atoms. The summed E-state index contributed by atoms with van der Waals surface area (Å²) in [6.45, 7) is 2.13. The van der Waals surface area contributed by atoms with Crippen LogP contribution < -0.4 is 4.74 Å². The second-order valence-electron chi connectivity index (χ2n) is 4.14. The van der Waals surface area contributed by atoms with Gasteiger partial charge in [-0.15, -0.1) is 0 Å². The third kappa shape index (κ3) is 4.13. The summed E-state index contributed by atoms with van der Waals surface area (Å²) in [5.41, 5.74) is 0.982. The second kappa shape index (κ2) is 6.58. The van der Waals surface area contributed by atoms with Gasteiger partial charge in [0.2, 0.25) is 0 Å². The average molecular weight is 253 g/mol. The molecule has 2 aromatic carbocycles. The van der Waals surface area contributed by atoms with Gasteiger partial charge in [-0.05, 0) is 36.8 Å². The smallest absolute Gasteiger partial charge is 0.141 e. The van der Waals surface area contributed by atoms with Crippen molar-refractivity contribution in [1.82, 2.24) is 0 Å². The monoisotopic (exact) mass is 253 g/mol. The fraction of sp³-hybridized carbons (Fsp3) is 0.188. The normalized spacial score (nSPS) is 11.6. The molecule has 0 bridgehead atoms. The van der Waals surface area contributed by atoms with E-state index >= 15 is 0 Å². The molecule has 0 saturated heterocycles. The van der Waals surface area contributed by atoms with Gasteiger partial charge in [-0.25, -0.2) is 0 Å². The van der Waals surface area contributed by atoms with Crippen LogP contribution in [0.2, 0.25) is 0 Å². The molecule has 2 aromatic rings. The Morgan fingerprint density at radius 1 is 1.05 bits per heavy atom. The number of para-hydroxylation sites is 1. The van der Waals surface area contributed by atoms with Gasteiger partial charge < -0.3 is 9.47 Å². The van der Waals surface area contributed by atoms with Crippen molar-refractivity contribution >= 4 is 0 Å². The number of hydrogen-bond acceptors (Lipinski definition) is 3. The Morgan fingerprint density at radius 2 is 1.79 bits per heavy atom. The first-order valence-electron chi connectivity index (χ1n) is 6.11. The Balaban J connectivity index is 2.01. The van der Waals surface area contributed by atoms with Crippen LogP contribution in [0, 0.1) is 11.3 Å². The third-order valence-electron chi connectivity index (χ3n) is 2.56. The van der Waals surface area contributed by atoms with Gasteiger partial charge in [-0.1, -0.05) is 30.3 Å². The molecule has 1 unspecified atom stereocenters. The number of nitrogens with zero attached hydrogens (tertiary/aromatic N) is 1. The third-order valence-corrected chi connectivity index (χ3v) is 2.56. The quantitative estimate of drug-likeness (QED) is 0.811. The van der Waals surface area contributed by atoms with Gasteiger partial charge in [0.15, 0.2) is 0 Å². The molecule has 0 aliphatic heterocycles. The summed E-state index contributed by atoms with van der Waals surface area (Å²) in [6.07, 6.45) is -0.404. The molecule has 96 valence electrons. The lowest BCUT2D eigenvalue weighted by atomic mass is 10.2. The number of rotatable bonds is 5. The molecule has 0 aliphatic rings. The van der Waals surface area contributed by atoms with E-state index in [4.69, 9.17) is 14.7 Å². The van der Waals surface area contributed by atoms with Crippen LogP contribution in [0.25, 0.3) is 0 Å². The molecule has 3 heteroatoms.